The lowest BCUT2D eigenvalue weighted by Gasteiger charge is -2.11. The van der Waals surface area contributed by atoms with Crippen LogP contribution in [0.3, 0.4) is 0 Å². The smallest absolute Gasteiger partial charge is 0.199 e. The van der Waals surface area contributed by atoms with Crippen molar-refractivity contribution in [2.75, 3.05) is 0 Å². The predicted molar refractivity (Wildman–Crippen MR) is 121 cm³/mol. The van der Waals surface area contributed by atoms with Crippen molar-refractivity contribution in [1.29, 1.82) is 0 Å². The van der Waals surface area contributed by atoms with Crippen LogP contribution in [0.5, 0.6) is 0 Å². The van der Waals surface area contributed by atoms with Gasteiger partial charge in [0.15, 0.2) is 0 Å². The highest BCUT2D eigenvalue weighted by atomic mass is 32.3. The monoisotopic (exact) mass is 419 g/mol. The van der Waals surface area contributed by atoms with E-state index in [2.05, 4.69) is 28.0 Å². The quantitative estimate of drug-likeness (QED) is 0.404. The third-order valence-electron chi connectivity index (χ3n) is 4.69. The first-order chi connectivity index (χ1) is 14.0. The molecular weight excluding hydrogens is 398 g/mol. The Labute approximate surface area is 174 Å². The Morgan fingerprint density at radius 3 is 2.17 bits per heavy atom. The molecule has 0 aliphatic heterocycles. The molecule has 0 fully saturated rings. The number of aryl methyl sites for hydroxylation is 1. The lowest BCUT2D eigenvalue weighted by Crippen LogP contribution is -2.04. The van der Waals surface area contributed by atoms with Crippen molar-refractivity contribution >= 4 is 31.5 Å². The van der Waals surface area contributed by atoms with Gasteiger partial charge in [-0.3, -0.25) is 0 Å². The Morgan fingerprint density at radius 1 is 0.759 bits per heavy atom. The highest BCUT2D eigenvalue weighted by Crippen LogP contribution is 2.25. The second-order valence-corrected chi connectivity index (χ2v) is 10.3. The maximum absolute atomic E-state index is 13.0. The number of hydrogen-bond donors (Lipinski definition) is 0. The first-order valence-electron chi connectivity index (χ1n) is 9.30. The summed E-state index contributed by atoms with van der Waals surface area (Å²) in [5.41, 5.74) is 2.11. The number of fused-ring (bicyclic) bond motifs is 1. The van der Waals surface area contributed by atoms with Gasteiger partial charge in [0.25, 0.3) is 10.0 Å². The van der Waals surface area contributed by atoms with Crippen LogP contribution in [-0.2, 0) is 26.5 Å². The summed E-state index contributed by atoms with van der Waals surface area (Å²) < 4.78 is 30.4. The number of benzene rings is 4. The number of rotatable bonds is 5. The number of sulfonamides is 1. The van der Waals surface area contributed by atoms with Crippen molar-refractivity contribution in [3.63, 3.8) is 0 Å². The highest BCUT2D eigenvalue weighted by Gasteiger charge is 2.16. The normalized spacial score (nSPS) is 12.9. The van der Waals surface area contributed by atoms with Gasteiger partial charge < -0.3 is 0 Å². The largest absolute Gasteiger partial charge is 0.288 e. The minimum Gasteiger partial charge on any atom is -0.199 e. The Morgan fingerprint density at radius 2 is 1.41 bits per heavy atom. The van der Waals surface area contributed by atoms with Crippen LogP contribution in [0.4, 0.5) is 0 Å². The molecule has 0 saturated carbocycles. The lowest BCUT2D eigenvalue weighted by molar-refractivity contribution is 0.598. The molecule has 0 aromatic heterocycles. The highest BCUT2D eigenvalue weighted by molar-refractivity contribution is 7.99. The average molecular weight is 420 g/mol. The Balaban J connectivity index is 1.82. The third kappa shape index (κ3) is 4.47. The maximum Gasteiger partial charge on any atom is 0.288 e. The van der Waals surface area contributed by atoms with Crippen molar-refractivity contribution in [3.05, 3.63) is 108 Å². The van der Waals surface area contributed by atoms with Gasteiger partial charge in [-0.2, -0.15) is 8.42 Å². The number of hydrogen-bond acceptors (Lipinski definition) is 2. The Hall–Kier alpha value is -2.76. The van der Waals surface area contributed by atoms with Gasteiger partial charge in [0.1, 0.15) is 0 Å². The van der Waals surface area contributed by atoms with E-state index in [0.29, 0.717) is 5.75 Å². The fourth-order valence-electron chi connectivity index (χ4n) is 3.17. The molecule has 0 amide bonds. The Bertz CT molecular complexity index is 1270. The van der Waals surface area contributed by atoms with Crippen molar-refractivity contribution in [2.45, 2.75) is 22.5 Å². The second kappa shape index (κ2) is 8.31. The van der Waals surface area contributed by atoms with Crippen molar-refractivity contribution in [3.8, 4) is 0 Å². The van der Waals surface area contributed by atoms with Crippen LogP contribution in [-0.4, -0.2) is 8.42 Å². The molecule has 3 nitrogen and oxygen atoms in total. The van der Waals surface area contributed by atoms with E-state index >= 15 is 0 Å². The van der Waals surface area contributed by atoms with Crippen molar-refractivity contribution < 1.29 is 8.42 Å². The fraction of sp³-hybridized carbons (Fsp3) is 0.0833. The fourth-order valence-corrected chi connectivity index (χ4v) is 6.68. The summed E-state index contributed by atoms with van der Waals surface area (Å²) in [6.07, 6.45) is 0. The molecule has 0 bridgehead atoms. The minimum absolute atomic E-state index is 0.231. The molecule has 0 saturated heterocycles. The molecule has 0 heterocycles. The van der Waals surface area contributed by atoms with Crippen LogP contribution in [0, 0.1) is 6.92 Å². The van der Waals surface area contributed by atoms with Crippen LogP contribution in [0.15, 0.2) is 111 Å². The molecule has 1 unspecified atom stereocenters. The topological polar surface area (TPSA) is 46.5 Å². The van der Waals surface area contributed by atoms with E-state index in [1.165, 1.54) is 0 Å². The molecule has 4 aromatic rings. The van der Waals surface area contributed by atoms with Crippen LogP contribution >= 0.6 is 0 Å². The van der Waals surface area contributed by atoms with Crippen LogP contribution < -0.4 is 0 Å². The molecule has 0 spiro atoms. The first kappa shape index (κ1) is 19.6. The zero-order valence-corrected chi connectivity index (χ0v) is 17.7. The third-order valence-corrected chi connectivity index (χ3v) is 8.47. The zero-order chi connectivity index (χ0) is 20.3. The second-order valence-electron chi connectivity index (χ2n) is 6.82. The zero-order valence-electron chi connectivity index (χ0n) is 16.0. The van der Waals surface area contributed by atoms with Gasteiger partial charge in [-0.15, -0.1) is 3.77 Å². The van der Waals surface area contributed by atoms with E-state index < -0.39 is 20.7 Å². The van der Waals surface area contributed by atoms with E-state index in [1.54, 1.807) is 24.3 Å². The van der Waals surface area contributed by atoms with E-state index in [0.717, 1.165) is 26.8 Å². The molecule has 5 heteroatoms. The van der Waals surface area contributed by atoms with Gasteiger partial charge in [-0.05, 0) is 58.2 Å². The molecule has 29 heavy (non-hydrogen) atoms. The van der Waals surface area contributed by atoms with Gasteiger partial charge in [0.05, 0.1) is 4.90 Å². The van der Waals surface area contributed by atoms with Crippen molar-refractivity contribution in [2.24, 2.45) is 3.77 Å². The predicted octanol–water partition coefficient (Wildman–Crippen LogP) is 5.90. The van der Waals surface area contributed by atoms with E-state index in [-0.39, 0.29) is 4.90 Å². The summed E-state index contributed by atoms with van der Waals surface area (Å²) in [5, 5.41) is 2.27. The van der Waals surface area contributed by atoms with Crippen LogP contribution in [0.2, 0.25) is 0 Å². The summed E-state index contributed by atoms with van der Waals surface area (Å²) in [4.78, 5) is 1.14. The lowest BCUT2D eigenvalue weighted by atomic mass is 10.1. The molecule has 146 valence electrons. The summed E-state index contributed by atoms with van der Waals surface area (Å²) in [6.45, 7) is 1.93. The van der Waals surface area contributed by atoms with Gasteiger partial charge in [-0.25, -0.2) is 0 Å². The molecule has 0 aliphatic rings. The van der Waals surface area contributed by atoms with E-state index in [4.69, 9.17) is 0 Å². The minimum atomic E-state index is -3.76. The van der Waals surface area contributed by atoms with Gasteiger partial charge in [-0.1, -0.05) is 78.4 Å². The standard InChI is InChI=1S/C24H21NO2S2/c1-19-14-16-23(17-15-19)29(26,27)25-28(22-11-3-2-4-12-22)18-21-10-7-9-20-8-5-6-13-24(20)21/h2-17H,18H2,1H3. The molecule has 0 radical (unpaired) electrons. The van der Waals surface area contributed by atoms with Gasteiger partial charge >= 0.3 is 0 Å². The van der Waals surface area contributed by atoms with E-state index in [1.807, 2.05) is 55.5 Å². The van der Waals surface area contributed by atoms with Crippen molar-refractivity contribution in [1.82, 2.24) is 0 Å². The summed E-state index contributed by atoms with van der Waals surface area (Å²) in [7, 11) is -4.59. The summed E-state index contributed by atoms with van der Waals surface area (Å²) in [6, 6.07) is 30.8. The Kier molecular flexibility index (Phi) is 5.60. The first-order valence-corrected chi connectivity index (χ1v) is 12.1. The average Bonchev–Trinajstić information content (AvgIpc) is 2.74. The van der Waals surface area contributed by atoms with Gasteiger partial charge in [0.2, 0.25) is 0 Å². The molecular formula is C24H21NO2S2. The van der Waals surface area contributed by atoms with Gasteiger partial charge in [0, 0.05) is 10.6 Å². The van der Waals surface area contributed by atoms with E-state index in [9.17, 15) is 8.42 Å². The summed E-state index contributed by atoms with van der Waals surface area (Å²) in [5.74, 6) is 0.538. The summed E-state index contributed by atoms with van der Waals surface area (Å²) >= 11 is 0. The molecule has 0 N–H and O–H groups in total. The SMILES string of the molecule is Cc1ccc(S(=O)(=O)/N=S(/Cc2cccc3ccccc23)c2ccccc2)cc1. The van der Waals surface area contributed by atoms with Crippen LogP contribution in [0.25, 0.3) is 10.8 Å². The molecule has 4 rings (SSSR count). The number of nitrogens with zero attached hydrogens (tertiary/aromatic N) is 1. The molecule has 4 aromatic carbocycles. The molecule has 1 atom stereocenters. The van der Waals surface area contributed by atoms with Crippen LogP contribution in [0.1, 0.15) is 11.1 Å². The maximum atomic E-state index is 13.0. The molecule has 0 aliphatic carbocycles.